The van der Waals surface area contributed by atoms with Gasteiger partial charge in [0.25, 0.3) is 0 Å². The topological polar surface area (TPSA) is 75.7 Å². The fourth-order valence-corrected chi connectivity index (χ4v) is 4.99. The van der Waals surface area contributed by atoms with Crippen LogP contribution in [0.1, 0.15) is 18.4 Å². The molecule has 28 heavy (non-hydrogen) atoms. The number of rotatable bonds is 6. The molecule has 6 nitrogen and oxygen atoms in total. The molecule has 3 rings (SSSR count). The Morgan fingerprint density at radius 2 is 2.00 bits per heavy atom. The van der Waals surface area contributed by atoms with Crippen LogP contribution in [0.5, 0.6) is 5.75 Å². The Kier molecular flexibility index (Phi) is 6.59. The van der Waals surface area contributed by atoms with Crippen molar-refractivity contribution < 1.29 is 17.9 Å². The average Bonchev–Trinajstić information content (AvgIpc) is 2.72. The van der Waals surface area contributed by atoms with Crippen LogP contribution >= 0.6 is 11.6 Å². The molecule has 0 radical (unpaired) electrons. The fourth-order valence-electron chi connectivity index (χ4n) is 3.25. The van der Waals surface area contributed by atoms with E-state index >= 15 is 0 Å². The lowest BCUT2D eigenvalue weighted by Gasteiger charge is -2.31. The van der Waals surface area contributed by atoms with Gasteiger partial charge in [0.2, 0.25) is 15.9 Å². The molecule has 0 aliphatic carbocycles. The van der Waals surface area contributed by atoms with E-state index in [2.05, 4.69) is 5.32 Å². The maximum absolute atomic E-state index is 12.9. The molecule has 2 aromatic carbocycles. The molecule has 1 N–H and O–H groups in total. The van der Waals surface area contributed by atoms with Crippen molar-refractivity contribution in [1.29, 1.82) is 0 Å². The molecule has 1 aliphatic heterocycles. The first-order valence-corrected chi connectivity index (χ1v) is 10.9. The minimum Gasteiger partial charge on any atom is -0.497 e. The van der Waals surface area contributed by atoms with E-state index in [4.69, 9.17) is 16.3 Å². The van der Waals surface area contributed by atoms with Crippen LogP contribution in [-0.2, 0) is 21.4 Å². The summed E-state index contributed by atoms with van der Waals surface area (Å²) in [5.74, 6) is 0.0754. The molecule has 1 fully saturated rings. The van der Waals surface area contributed by atoms with Gasteiger partial charge in [-0.2, -0.15) is 4.31 Å². The molecule has 1 atom stereocenters. The number of hydrogen-bond donors (Lipinski definition) is 1. The van der Waals surface area contributed by atoms with Crippen molar-refractivity contribution in [1.82, 2.24) is 9.62 Å². The third-order valence-electron chi connectivity index (χ3n) is 4.81. The summed E-state index contributed by atoms with van der Waals surface area (Å²) >= 11 is 5.96. The van der Waals surface area contributed by atoms with Gasteiger partial charge in [-0.15, -0.1) is 0 Å². The first kappa shape index (κ1) is 20.6. The second kappa shape index (κ2) is 8.94. The normalized spacial score (nSPS) is 17.9. The van der Waals surface area contributed by atoms with Gasteiger partial charge in [0.05, 0.1) is 17.9 Å². The number of benzene rings is 2. The maximum Gasteiger partial charge on any atom is 0.243 e. The molecule has 1 saturated heterocycles. The number of sulfonamides is 1. The Balaban J connectivity index is 1.64. The molecule has 1 aliphatic rings. The number of piperidine rings is 1. The van der Waals surface area contributed by atoms with Crippen molar-refractivity contribution in [3.63, 3.8) is 0 Å². The van der Waals surface area contributed by atoms with Crippen LogP contribution in [-0.4, -0.2) is 38.8 Å². The zero-order valence-corrected chi connectivity index (χ0v) is 17.2. The van der Waals surface area contributed by atoms with Crippen molar-refractivity contribution in [3.8, 4) is 5.75 Å². The smallest absolute Gasteiger partial charge is 0.243 e. The zero-order valence-electron chi connectivity index (χ0n) is 15.6. The molecule has 150 valence electrons. The SMILES string of the molecule is COc1ccc(S(=O)(=O)N2CCC[C@@H](C(=O)NCc3cccc(Cl)c3)C2)cc1. The number of hydrogen-bond acceptors (Lipinski definition) is 4. The molecule has 0 saturated carbocycles. The average molecular weight is 423 g/mol. The summed E-state index contributed by atoms with van der Waals surface area (Å²) in [7, 11) is -2.12. The third-order valence-corrected chi connectivity index (χ3v) is 6.92. The largest absolute Gasteiger partial charge is 0.497 e. The van der Waals surface area contributed by atoms with Gasteiger partial charge in [-0.3, -0.25) is 4.79 Å². The van der Waals surface area contributed by atoms with Gasteiger partial charge < -0.3 is 10.1 Å². The van der Waals surface area contributed by atoms with Gasteiger partial charge in [0, 0.05) is 24.7 Å². The Labute approximate surface area is 170 Å². The molecule has 2 aromatic rings. The number of nitrogens with one attached hydrogen (secondary N) is 1. The summed E-state index contributed by atoms with van der Waals surface area (Å²) in [6.45, 7) is 0.948. The zero-order chi connectivity index (χ0) is 20.1. The Hall–Kier alpha value is -2.09. The lowest BCUT2D eigenvalue weighted by atomic mass is 9.99. The van der Waals surface area contributed by atoms with E-state index in [-0.39, 0.29) is 23.3 Å². The third kappa shape index (κ3) is 4.84. The molecule has 0 bridgehead atoms. The van der Waals surface area contributed by atoms with E-state index in [9.17, 15) is 13.2 Å². The molecule has 0 aromatic heterocycles. The number of nitrogens with zero attached hydrogens (tertiary/aromatic N) is 1. The van der Waals surface area contributed by atoms with E-state index in [0.29, 0.717) is 36.7 Å². The van der Waals surface area contributed by atoms with Crippen LogP contribution in [0.4, 0.5) is 0 Å². The van der Waals surface area contributed by atoms with Crippen LogP contribution < -0.4 is 10.1 Å². The number of amides is 1. The lowest BCUT2D eigenvalue weighted by Crippen LogP contribution is -2.45. The van der Waals surface area contributed by atoms with E-state index < -0.39 is 10.0 Å². The Morgan fingerprint density at radius 3 is 2.68 bits per heavy atom. The summed E-state index contributed by atoms with van der Waals surface area (Å²) in [4.78, 5) is 12.8. The van der Waals surface area contributed by atoms with Gasteiger partial charge in [-0.05, 0) is 54.8 Å². The highest BCUT2D eigenvalue weighted by atomic mass is 35.5. The van der Waals surface area contributed by atoms with E-state index in [1.165, 1.54) is 23.5 Å². The van der Waals surface area contributed by atoms with E-state index in [1.54, 1.807) is 24.3 Å². The van der Waals surface area contributed by atoms with Crippen molar-refractivity contribution in [2.45, 2.75) is 24.3 Å². The second-order valence-corrected chi connectivity index (χ2v) is 9.10. The van der Waals surface area contributed by atoms with Gasteiger partial charge in [-0.1, -0.05) is 23.7 Å². The standard InChI is InChI=1S/C20H23ClN2O4S/c1-27-18-7-9-19(10-8-18)28(25,26)23-11-3-5-16(14-23)20(24)22-13-15-4-2-6-17(21)12-15/h2,4,6-10,12,16H,3,5,11,13-14H2,1H3,(H,22,24)/t16-/m1/s1. The molecule has 0 spiro atoms. The van der Waals surface area contributed by atoms with Gasteiger partial charge >= 0.3 is 0 Å². The highest BCUT2D eigenvalue weighted by molar-refractivity contribution is 7.89. The minimum atomic E-state index is -3.65. The molecule has 1 amide bonds. The summed E-state index contributed by atoms with van der Waals surface area (Å²) in [6, 6.07) is 13.6. The summed E-state index contributed by atoms with van der Waals surface area (Å²) < 4.78 is 32.3. The number of carbonyl (C=O) groups excluding carboxylic acids is 1. The number of carbonyl (C=O) groups is 1. The molecule has 8 heteroatoms. The van der Waals surface area contributed by atoms with E-state index in [0.717, 1.165) is 5.56 Å². The minimum absolute atomic E-state index is 0.144. The number of ether oxygens (including phenoxy) is 1. The number of halogens is 1. The predicted octanol–water partition coefficient (Wildman–Crippen LogP) is 3.07. The lowest BCUT2D eigenvalue weighted by molar-refractivity contribution is -0.126. The maximum atomic E-state index is 12.9. The van der Waals surface area contributed by atoms with Crippen LogP contribution in [0.25, 0.3) is 0 Å². The molecular weight excluding hydrogens is 400 g/mol. The molecule has 0 unspecified atom stereocenters. The van der Waals surface area contributed by atoms with Crippen molar-refractivity contribution in [3.05, 3.63) is 59.1 Å². The van der Waals surface area contributed by atoms with Gasteiger partial charge in [-0.25, -0.2) is 8.42 Å². The summed E-state index contributed by atoms with van der Waals surface area (Å²) in [5, 5.41) is 3.50. The highest BCUT2D eigenvalue weighted by Gasteiger charge is 2.33. The molecular formula is C20H23ClN2O4S. The van der Waals surface area contributed by atoms with E-state index in [1.807, 2.05) is 12.1 Å². The first-order chi connectivity index (χ1) is 13.4. The summed E-state index contributed by atoms with van der Waals surface area (Å²) in [5.41, 5.74) is 0.902. The Morgan fingerprint density at radius 1 is 1.25 bits per heavy atom. The Bertz CT molecular complexity index is 931. The van der Waals surface area contributed by atoms with Crippen LogP contribution in [0, 0.1) is 5.92 Å². The molecule has 1 heterocycles. The first-order valence-electron chi connectivity index (χ1n) is 9.06. The monoisotopic (exact) mass is 422 g/mol. The van der Waals surface area contributed by atoms with Gasteiger partial charge in [0.1, 0.15) is 5.75 Å². The highest BCUT2D eigenvalue weighted by Crippen LogP contribution is 2.25. The van der Waals surface area contributed by atoms with Crippen molar-refractivity contribution >= 4 is 27.5 Å². The number of methoxy groups -OCH3 is 1. The van der Waals surface area contributed by atoms with Crippen LogP contribution in [0.15, 0.2) is 53.4 Å². The summed E-state index contributed by atoms with van der Waals surface area (Å²) in [6.07, 6.45) is 1.31. The van der Waals surface area contributed by atoms with Gasteiger partial charge in [0.15, 0.2) is 0 Å². The van der Waals surface area contributed by atoms with Crippen LogP contribution in [0.2, 0.25) is 5.02 Å². The fraction of sp³-hybridized carbons (Fsp3) is 0.350. The van der Waals surface area contributed by atoms with Crippen molar-refractivity contribution in [2.75, 3.05) is 20.2 Å². The predicted molar refractivity (Wildman–Crippen MR) is 108 cm³/mol. The van der Waals surface area contributed by atoms with Crippen LogP contribution in [0.3, 0.4) is 0 Å². The quantitative estimate of drug-likeness (QED) is 0.776. The van der Waals surface area contributed by atoms with Crippen molar-refractivity contribution in [2.24, 2.45) is 5.92 Å². The second-order valence-electron chi connectivity index (χ2n) is 6.73.